The fraction of sp³-hybridized carbons (Fsp3) is 0. The Bertz CT molecular complexity index is 11200. The van der Waals surface area contributed by atoms with Crippen molar-refractivity contribution in [3.8, 4) is 67.5 Å². The molecule has 24 aromatic carbocycles. The third kappa shape index (κ3) is 12.6. The van der Waals surface area contributed by atoms with E-state index < -0.39 is 0 Å². The molecular weight excluding hydrogens is 1790 g/mol. The Morgan fingerprint density at radius 3 is 0.850 bits per heavy atom. The zero-order valence-corrected chi connectivity index (χ0v) is 79.4. The molecule has 33 rings (SSSR count). The molecule has 0 N–H and O–H groups in total. The summed E-state index contributed by atoms with van der Waals surface area (Å²) in [5, 5.41) is 28.8. The van der Waals surface area contributed by atoms with Gasteiger partial charge < -0.3 is 40.7 Å². The van der Waals surface area contributed by atoms with Gasteiger partial charge in [0.15, 0.2) is 0 Å². The van der Waals surface area contributed by atoms with Crippen molar-refractivity contribution in [1.29, 1.82) is 0 Å². The quantitative estimate of drug-likeness (QED) is 0.145. The van der Waals surface area contributed by atoms with Gasteiger partial charge in [0.25, 0.3) is 0 Å². The summed E-state index contributed by atoms with van der Waals surface area (Å²) in [7, 11) is 0. The van der Waals surface area contributed by atoms with E-state index in [-0.39, 0.29) is 0 Å². The maximum atomic E-state index is 6.69. The number of benzene rings is 24. The maximum Gasteiger partial charge on any atom is 0.145 e. The maximum absolute atomic E-state index is 6.69. The number of hydrogen-bond donors (Lipinski definition) is 0. The predicted octanol–water partition coefficient (Wildman–Crippen LogP) is 37.8. The number of furan rings is 3. The number of aromatic nitrogens is 6. The summed E-state index contributed by atoms with van der Waals surface area (Å²) < 4.78 is 33.9. The van der Waals surface area contributed by atoms with Crippen LogP contribution in [0, 0.1) is 0 Å². The van der Waals surface area contributed by atoms with Gasteiger partial charge in [0.2, 0.25) is 0 Å². The highest BCUT2D eigenvalue weighted by atomic mass is 16.3. The molecule has 0 fully saturated rings. The molecule has 0 aliphatic rings. The first-order valence-corrected chi connectivity index (χ1v) is 50.3. The molecule has 9 heteroatoms. The van der Waals surface area contributed by atoms with Gasteiger partial charge in [-0.05, 0) is 250 Å². The third-order valence-corrected chi connectivity index (χ3v) is 30.9. The van der Waals surface area contributed by atoms with Crippen LogP contribution in [0.15, 0.2) is 523 Å². The Labute approximate surface area is 840 Å². The largest absolute Gasteiger partial charge is 0.456 e. The SMILES string of the molecule is c1ccc(-n2c3ccccc3c3cc(-c4ccc5c(c4)c4c6c(ccc4n5-c4cccc5ccccc45)oc4ccccc46)ccc32)cc1.c1ccc(-n2c3ccccc3c3cc(-c4ccc5c(c4)c4c6oc7ccccc7c6ccc4n5-c4cccc5ccccc45)ccc32)cc1.c1ccc(-n2c3ccccc3c3cc(-c4ccc5c(c4)c4cc6oc7ccccc7c6cc4n5-c4cccc5ccccc45)ccc32)cc1. The van der Waals surface area contributed by atoms with Crippen molar-refractivity contribution in [2.24, 2.45) is 0 Å². The summed E-state index contributed by atoms with van der Waals surface area (Å²) in [6.07, 6.45) is 0. The molecule has 0 bridgehead atoms. The second-order valence-corrected chi connectivity index (χ2v) is 38.8. The van der Waals surface area contributed by atoms with E-state index in [0.29, 0.717) is 0 Å². The van der Waals surface area contributed by atoms with Gasteiger partial charge in [-0.2, -0.15) is 0 Å². The van der Waals surface area contributed by atoms with Gasteiger partial charge in [0.1, 0.15) is 33.5 Å². The van der Waals surface area contributed by atoms with E-state index in [1.54, 1.807) is 0 Å². The smallest absolute Gasteiger partial charge is 0.145 e. The van der Waals surface area contributed by atoms with Crippen molar-refractivity contribution in [3.63, 3.8) is 0 Å². The molecule has 0 saturated heterocycles. The molecule has 0 amide bonds. The Morgan fingerprint density at radius 1 is 0.122 bits per heavy atom. The minimum absolute atomic E-state index is 0.909. The summed E-state index contributed by atoms with van der Waals surface area (Å²) in [5.41, 5.74) is 33.9. The Hall–Kier alpha value is -19.7. The summed E-state index contributed by atoms with van der Waals surface area (Å²) in [4.78, 5) is 0. The van der Waals surface area contributed by atoms with E-state index in [0.717, 1.165) is 87.9 Å². The lowest BCUT2D eigenvalue weighted by Gasteiger charge is -2.12. The minimum atomic E-state index is 0.909. The molecule has 9 aromatic heterocycles. The highest BCUT2D eigenvalue weighted by Crippen LogP contribution is 2.50. The average Bonchev–Trinajstić information content (AvgIpc) is 1.55. The van der Waals surface area contributed by atoms with Crippen molar-refractivity contribution >= 4 is 229 Å². The zero-order chi connectivity index (χ0) is 96.2. The van der Waals surface area contributed by atoms with Crippen LogP contribution in [0.25, 0.3) is 296 Å². The fourth-order valence-electron chi connectivity index (χ4n) is 24.4. The van der Waals surface area contributed by atoms with Gasteiger partial charge >= 0.3 is 0 Å². The highest BCUT2D eigenvalue weighted by molar-refractivity contribution is 6.30. The summed E-state index contributed by atoms with van der Waals surface area (Å²) >= 11 is 0. The molecule has 147 heavy (non-hydrogen) atoms. The first-order valence-electron chi connectivity index (χ1n) is 50.3. The van der Waals surface area contributed by atoms with Gasteiger partial charge in [-0.15, -0.1) is 0 Å². The van der Waals surface area contributed by atoms with Gasteiger partial charge in [-0.3, -0.25) is 0 Å². The van der Waals surface area contributed by atoms with E-state index in [4.69, 9.17) is 13.3 Å². The van der Waals surface area contributed by atoms with Crippen LogP contribution in [-0.4, -0.2) is 27.4 Å². The Morgan fingerprint density at radius 2 is 0.408 bits per heavy atom. The van der Waals surface area contributed by atoms with Crippen LogP contribution in [0.1, 0.15) is 0 Å². The topological polar surface area (TPSA) is 69.0 Å². The van der Waals surface area contributed by atoms with E-state index >= 15 is 0 Å². The molecule has 0 aliphatic carbocycles. The van der Waals surface area contributed by atoms with Crippen LogP contribution >= 0.6 is 0 Å². The lowest BCUT2D eigenvalue weighted by atomic mass is 9.99. The molecule has 0 radical (unpaired) electrons. The normalized spacial score (nSPS) is 12.1. The molecule has 684 valence electrons. The lowest BCUT2D eigenvalue weighted by molar-refractivity contribution is 0.669. The standard InChI is InChI=1S/3C46H28N2O/c1-2-13-32(14-3-1)47-40-18-8-6-16-34(40)37-27-30(21-24-41(37)47)31-22-25-42-38(28-31)45-43(26-23-36-35-17-7-9-20-44(35)49-46(36)45)48(42)39-19-10-12-29-11-4-5-15-33(29)39;1-2-13-32(14-3-1)47-41-18-8-6-16-34(41)36-25-30(21-23-42(36)47)31-22-24-43-37(26-31)38-28-46-39(35-17-7-9-20-45(35)49-46)27-44(38)48(43)40-19-10-12-29-11-4-5-15-33(29)40;1-2-13-32(14-3-1)47-39-18-8-6-16-34(39)36-27-30(21-23-40(36)47)31-22-24-41-37(28-31)45-42(25-26-44-46(45)35-17-7-9-20-43(35)49-44)48(41)38-19-10-12-29-11-4-5-15-33(29)38/h3*1-28H. The van der Waals surface area contributed by atoms with Crippen LogP contribution < -0.4 is 0 Å². The van der Waals surface area contributed by atoms with Crippen LogP contribution in [0.3, 0.4) is 0 Å². The number of para-hydroxylation sites is 9. The second-order valence-electron chi connectivity index (χ2n) is 38.8. The zero-order valence-electron chi connectivity index (χ0n) is 79.4. The molecule has 0 spiro atoms. The molecule has 0 atom stereocenters. The highest BCUT2D eigenvalue weighted by Gasteiger charge is 2.28. The van der Waals surface area contributed by atoms with Gasteiger partial charge in [0, 0.05) is 125 Å². The summed E-state index contributed by atoms with van der Waals surface area (Å²) in [5.74, 6) is 0. The van der Waals surface area contributed by atoms with E-state index in [1.807, 2.05) is 18.2 Å². The molecule has 0 saturated carbocycles. The predicted molar refractivity (Wildman–Crippen MR) is 616 cm³/mol. The van der Waals surface area contributed by atoms with Crippen molar-refractivity contribution in [3.05, 3.63) is 510 Å². The van der Waals surface area contributed by atoms with E-state index in [1.165, 1.54) is 209 Å². The third-order valence-electron chi connectivity index (χ3n) is 30.9. The van der Waals surface area contributed by atoms with Crippen LogP contribution in [0.2, 0.25) is 0 Å². The Balaban J connectivity index is 0.0000000999. The number of nitrogens with zero attached hydrogens (tertiary/aromatic N) is 6. The molecular formula is C138H84N6O3. The number of rotatable bonds is 9. The van der Waals surface area contributed by atoms with Gasteiger partial charge in [-0.25, -0.2) is 0 Å². The molecule has 9 nitrogen and oxygen atoms in total. The second kappa shape index (κ2) is 32.4. The molecule has 0 unspecified atom stereocenters. The van der Waals surface area contributed by atoms with Crippen LogP contribution in [0.5, 0.6) is 0 Å². The van der Waals surface area contributed by atoms with E-state index in [9.17, 15) is 0 Å². The first kappa shape index (κ1) is 82.0. The minimum Gasteiger partial charge on any atom is -0.456 e. The monoisotopic (exact) mass is 1870 g/mol. The molecule has 0 aliphatic heterocycles. The van der Waals surface area contributed by atoms with Crippen molar-refractivity contribution in [2.45, 2.75) is 0 Å². The molecule has 33 aromatic rings. The fourth-order valence-corrected chi connectivity index (χ4v) is 24.4. The summed E-state index contributed by atoms with van der Waals surface area (Å²) in [6, 6.07) is 184. The lowest BCUT2D eigenvalue weighted by Crippen LogP contribution is -1.95. The van der Waals surface area contributed by atoms with Crippen molar-refractivity contribution in [1.82, 2.24) is 27.4 Å². The summed E-state index contributed by atoms with van der Waals surface area (Å²) in [6.45, 7) is 0. The van der Waals surface area contributed by atoms with Crippen LogP contribution in [0.4, 0.5) is 0 Å². The van der Waals surface area contributed by atoms with Crippen LogP contribution in [-0.2, 0) is 0 Å². The average molecular weight is 1870 g/mol. The van der Waals surface area contributed by atoms with Gasteiger partial charge in [0.05, 0.1) is 88.6 Å². The van der Waals surface area contributed by atoms with Crippen molar-refractivity contribution < 1.29 is 13.3 Å². The van der Waals surface area contributed by atoms with Crippen molar-refractivity contribution in [2.75, 3.05) is 0 Å². The first-order chi connectivity index (χ1) is 72.9. The Kier molecular flexibility index (Phi) is 18.1. The number of hydrogen-bond acceptors (Lipinski definition) is 3. The van der Waals surface area contributed by atoms with E-state index in [2.05, 4.69) is 519 Å². The number of fused-ring (bicyclic) bond motifs is 32. The molecule has 9 heterocycles. The van der Waals surface area contributed by atoms with Gasteiger partial charge in [-0.1, -0.05) is 309 Å².